The molecule has 0 fully saturated rings. The van der Waals surface area contributed by atoms with Gasteiger partial charge in [-0.25, -0.2) is 0 Å². The topological polar surface area (TPSA) is 9.23 Å². The second kappa shape index (κ2) is 9.90. The van der Waals surface area contributed by atoms with Crippen molar-refractivity contribution >= 4 is 0 Å². The first-order chi connectivity index (χ1) is 8.51. The summed E-state index contributed by atoms with van der Waals surface area (Å²) in [7, 11) is 1.76. The summed E-state index contributed by atoms with van der Waals surface area (Å²) in [6.07, 6.45) is 14.0. The lowest BCUT2D eigenvalue weighted by Crippen LogP contribution is -2.05. The first-order valence-electron chi connectivity index (χ1n) is 6.74. The van der Waals surface area contributed by atoms with Crippen LogP contribution in [0.4, 0.5) is 0 Å². The molecule has 0 aromatic heterocycles. The van der Waals surface area contributed by atoms with Gasteiger partial charge in [0.15, 0.2) is 0 Å². The third-order valence-corrected chi connectivity index (χ3v) is 2.83. The van der Waals surface area contributed by atoms with Crippen LogP contribution in [0.3, 0.4) is 0 Å². The van der Waals surface area contributed by atoms with Gasteiger partial charge in [0.05, 0.1) is 6.10 Å². The minimum absolute atomic E-state index is 0.221. The standard InChI is InChI=1S/C17H28O/c1-7-17(18-6)13-16(5)15(4)12-10-8-9-11-14(2)3/h8-14,17H,7H2,1-6H3/b10-8+,11-9+,15-12+,16-13+/t17-/m0/s1. The van der Waals surface area contributed by atoms with E-state index in [0.29, 0.717) is 5.92 Å². The van der Waals surface area contributed by atoms with Gasteiger partial charge in [-0.3, -0.25) is 0 Å². The highest BCUT2D eigenvalue weighted by molar-refractivity contribution is 5.31. The van der Waals surface area contributed by atoms with Crippen LogP contribution in [0.25, 0.3) is 0 Å². The van der Waals surface area contributed by atoms with Gasteiger partial charge in [0.25, 0.3) is 0 Å². The molecule has 0 radical (unpaired) electrons. The highest BCUT2D eigenvalue weighted by atomic mass is 16.5. The Morgan fingerprint density at radius 2 is 1.72 bits per heavy atom. The van der Waals surface area contributed by atoms with Crippen molar-refractivity contribution in [1.29, 1.82) is 0 Å². The van der Waals surface area contributed by atoms with E-state index in [2.05, 4.69) is 71.1 Å². The van der Waals surface area contributed by atoms with Crippen LogP contribution >= 0.6 is 0 Å². The summed E-state index contributed by atoms with van der Waals surface area (Å²) in [6, 6.07) is 0. The normalized spacial score (nSPS) is 16.2. The molecule has 0 saturated heterocycles. The van der Waals surface area contributed by atoms with E-state index in [-0.39, 0.29) is 6.10 Å². The molecule has 1 atom stereocenters. The molecule has 1 nitrogen and oxygen atoms in total. The number of ether oxygens (including phenoxy) is 1. The van der Waals surface area contributed by atoms with Gasteiger partial charge in [-0.15, -0.1) is 0 Å². The second-order valence-corrected chi connectivity index (χ2v) is 4.90. The van der Waals surface area contributed by atoms with Crippen molar-refractivity contribution < 1.29 is 4.74 Å². The van der Waals surface area contributed by atoms with Crippen molar-refractivity contribution in [2.45, 2.75) is 47.1 Å². The predicted octanol–water partition coefficient (Wildman–Crippen LogP) is 5.07. The first kappa shape index (κ1) is 16.9. The van der Waals surface area contributed by atoms with E-state index in [1.165, 1.54) is 11.1 Å². The Morgan fingerprint density at radius 3 is 2.22 bits per heavy atom. The maximum atomic E-state index is 5.36. The molecular weight excluding hydrogens is 220 g/mol. The zero-order valence-corrected chi connectivity index (χ0v) is 12.7. The predicted molar refractivity (Wildman–Crippen MR) is 81.7 cm³/mol. The Morgan fingerprint density at radius 1 is 1.06 bits per heavy atom. The molecule has 0 bridgehead atoms. The van der Waals surface area contributed by atoms with Crippen LogP contribution < -0.4 is 0 Å². The minimum atomic E-state index is 0.221. The zero-order valence-electron chi connectivity index (χ0n) is 12.7. The first-order valence-corrected chi connectivity index (χ1v) is 6.74. The van der Waals surface area contributed by atoms with Crippen molar-refractivity contribution in [2.24, 2.45) is 5.92 Å². The van der Waals surface area contributed by atoms with Gasteiger partial charge in [-0.2, -0.15) is 0 Å². The maximum absolute atomic E-state index is 5.36. The Labute approximate surface area is 113 Å². The molecule has 0 saturated carbocycles. The van der Waals surface area contributed by atoms with E-state index < -0.39 is 0 Å². The van der Waals surface area contributed by atoms with Gasteiger partial charge < -0.3 is 4.74 Å². The molecule has 0 rings (SSSR count). The summed E-state index contributed by atoms with van der Waals surface area (Å²) >= 11 is 0. The van der Waals surface area contributed by atoms with Gasteiger partial charge in [0.1, 0.15) is 0 Å². The van der Waals surface area contributed by atoms with Crippen LogP contribution in [-0.4, -0.2) is 13.2 Å². The highest BCUT2D eigenvalue weighted by Gasteiger charge is 2.00. The van der Waals surface area contributed by atoms with Crippen LogP contribution in [0.1, 0.15) is 41.0 Å². The Kier molecular flexibility index (Phi) is 9.31. The van der Waals surface area contributed by atoms with Crippen molar-refractivity contribution in [2.75, 3.05) is 7.11 Å². The smallest absolute Gasteiger partial charge is 0.0755 e. The zero-order chi connectivity index (χ0) is 14.0. The summed E-state index contributed by atoms with van der Waals surface area (Å²) < 4.78 is 5.36. The van der Waals surface area contributed by atoms with E-state index in [9.17, 15) is 0 Å². The van der Waals surface area contributed by atoms with Crippen LogP contribution in [-0.2, 0) is 4.74 Å². The Balaban J connectivity index is 4.49. The molecule has 0 aliphatic heterocycles. The number of hydrogen-bond acceptors (Lipinski definition) is 1. The summed E-state index contributed by atoms with van der Waals surface area (Å²) in [5, 5.41) is 0. The summed E-state index contributed by atoms with van der Waals surface area (Å²) in [5.41, 5.74) is 2.56. The Bertz CT molecular complexity index is 326. The van der Waals surface area contributed by atoms with E-state index in [4.69, 9.17) is 4.74 Å². The number of rotatable bonds is 7. The maximum Gasteiger partial charge on any atom is 0.0755 e. The second-order valence-electron chi connectivity index (χ2n) is 4.90. The molecule has 1 heteroatoms. The fourth-order valence-corrected chi connectivity index (χ4v) is 1.44. The molecular formula is C17H28O. The van der Waals surface area contributed by atoms with Crippen molar-refractivity contribution in [3.8, 4) is 0 Å². The number of hydrogen-bond donors (Lipinski definition) is 0. The van der Waals surface area contributed by atoms with Crippen LogP contribution in [0, 0.1) is 5.92 Å². The molecule has 0 spiro atoms. The van der Waals surface area contributed by atoms with E-state index in [1.807, 2.05) is 0 Å². The van der Waals surface area contributed by atoms with E-state index in [1.54, 1.807) is 7.11 Å². The monoisotopic (exact) mass is 248 g/mol. The molecule has 18 heavy (non-hydrogen) atoms. The highest BCUT2D eigenvalue weighted by Crippen LogP contribution is 2.12. The van der Waals surface area contributed by atoms with Crippen molar-refractivity contribution in [1.82, 2.24) is 0 Å². The lowest BCUT2D eigenvalue weighted by atomic mass is 10.1. The van der Waals surface area contributed by atoms with Gasteiger partial charge in [0, 0.05) is 7.11 Å². The van der Waals surface area contributed by atoms with Crippen LogP contribution in [0.15, 0.2) is 47.6 Å². The third kappa shape index (κ3) is 8.08. The summed E-state index contributed by atoms with van der Waals surface area (Å²) in [4.78, 5) is 0. The largest absolute Gasteiger partial charge is 0.377 e. The molecule has 0 aliphatic carbocycles. The van der Waals surface area contributed by atoms with Gasteiger partial charge in [-0.05, 0) is 37.3 Å². The van der Waals surface area contributed by atoms with Gasteiger partial charge >= 0.3 is 0 Å². The van der Waals surface area contributed by atoms with Gasteiger partial charge in [0.2, 0.25) is 0 Å². The van der Waals surface area contributed by atoms with Crippen molar-refractivity contribution in [3.05, 3.63) is 47.6 Å². The molecule has 0 aromatic rings. The number of methoxy groups -OCH3 is 1. The van der Waals surface area contributed by atoms with E-state index >= 15 is 0 Å². The van der Waals surface area contributed by atoms with Gasteiger partial charge in [-0.1, -0.05) is 57.2 Å². The summed E-state index contributed by atoms with van der Waals surface area (Å²) in [5.74, 6) is 0.605. The molecule has 0 aromatic carbocycles. The Hall–Kier alpha value is -1.08. The third-order valence-electron chi connectivity index (χ3n) is 2.83. The lowest BCUT2D eigenvalue weighted by molar-refractivity contribution is 0.137. The van der Waals surface area contributed by atoms with Crippen molar-refractivity contribution in [3.63, 3.8) is 0 Å². The molecule has 0 amide bonds. The molecule has 0 heterocycles. The summed E-state index contributed by atoms with van der Waals surface area (Å²) in [6.45, 7) is 10.7. The fourth-order valence-electron chi connectivity index (χ4n) is 1.44. The molecule has 0 N–H and O–H groups in total. The van der Waals surface area contributed by atoms with Crippen LogP contribution in [0.5, 0.6) is 0 Å². The minimum Gasteiger partial charge on any atom is -0.377 e. The molecule has 0 unspecified atom stereocenters. The quantitative estimate of drug-likeness (QED) is 0.571. The van der Waals surface area contributed by atoms with Crippen LogP contribution in [0.2, 0.25) is 0 Å². The average molecular weight is 248 g/mol. The average Bonchev–Trinajstić information content (AvgIpc) is 2.34. The molecule has 0 aliphatic rings. The lowest BCUT2D eigenvalue weighted by Gasteiger charge is -2.09. The molecule has 102 valence electrons. The SMILES string of the molecule is CC[C@@H](/C=C(C)/C(C)=C/C=C/C=C/C(C)C)OC. The van der Waals surface area contributed by atoms with E-state index in [0.717, 1.165) is 6.42 Å². The fraction of sp³-hybridized carbons (Fsp3) is 0.529. The number of allylic oxidation sites excluding steroid dienone is 7.